The molecule has 1 aromatic heterocycles. The molecule has 0 radical (unpaired) electrons. The number of aliphatic hydroxyl groups excluding tert-OH is 1. The first kappa shape index (κ1) is 16.3. The number of hydrogen-bond acceptors (Lipinski definition) is 6. The highest BCUT2D eigenvalue weighted by Crippen LogP contribution is 2.26. The maximum absolute atomic E-state index is 14.2. The Kier molecular flexibility index (Phi) is 4.71. The van der Waals surface area contributed by atoms with E-state index in [1.165, 1.54) is 18.5 Å². The highest BCUT2D eigenvalue weighted by molar-refractivity contribution is 5.68. The minimum atomic E-state index is -1.01. The highest BCUT2D eigenvalue weighted by Gasteiger charge is 2.21. The molecule has 2 heterocycles. The summed E-state index contributed by atoms with van der Waals surface area (Å²) in [7, 11) is 0. The predicted octanol–water partition coefficient (Wildman–Crippen LogP) is 0.741. The Bertz CT molecular complexity index is 728. The fraction of sp³-hybridized carbons (Fsp3) is 0.353. The number of hydrogen-bond donors (Lipinski definition) is 1. The Hall–Kier alpha value is -2.54. The van der Waals surface area contributed by atoms with Gasteiger partial charge in [-0.3, -0.25) is 0 Å². The molecule has 0 amide bonds. The minimum Gasteiger partial charge on any atom is -0.550 e. The molecule has 1 N–H and O–H groups in total. The van der Waals surface area contributed by atoms with E-state index >= 15 is 0 Å². The quantitative estimate of drug-likeness (QED) is 0.889. The summed E-state index contributed by atoms with van der Waals surface area (Å²) in [4.78, 5) is 21.3. The number of aliphatic hydroxyl groups is 1. The highest BCUT2D eigenvalue weighted by atomic mass is 19.1. The first-order chi connectivity index (χ1) is 11.6. The van der Waals surface area contributed by atoms with Gasteiger partial charge in [0.1, 0.15) is 5.82 Å². The molecule has 0 spiro atoms. The molecule has 2 aromatic rings. The molecule has 0 bridgehead atoms. The van der Waals surface area contributed by atoms with Crippen molar-refractivity contribution >= 4 is 11.9 Å². The molecule has 1 aromatic carbocycles. The van der Waals surface area contributed by atoms with E-state index in [1.54, 1.807) is 12.1 Å². The Morgan fingerprint density at radius 1 is 1.29 bits per heavy atom. The molecule has 24 heavy (non-hydrogen) atoms. The summed E-state index contributed by atoms with van der Waals surface area (Å²) in [5.74, 6) is -1.42. The number of piperidine rings is 1. The smallest absolute Gasteiger partial charge is 0.225 e. The molecule has 1 saturated heterocycles. The van der Waals surface area contributed by atoms with Crippen molar-refractivity contribution in [3.05, 3.63) is 42.0 Å². The zero-order valence-electron chi connectivity index (χ0n) is 13.0. The third-order valence-corrected chi connectivity index (χ3v) is 4.31. The van der Waals surface area contributed by atoms with Gasteiger partial charge in [0.25, 0.3) is 0 Å². The van der Waals surface area contributed by atoms with E-state index in [1.807, 2.05) is 4.90 Å². The van der Waals surface area contributed by atoms with Gasteiger partial charge >= 0.3 is 0 Å². The van der Waals surface area contributed by atoms with Crippen LogP contribution in [0.3, 0.4) is 0 Å². The lowest BCUT2D eigenvalue weighted by Gasteiger charge is -2.32. The van der Waals surface area contributed by atoms with E-state index in [2.05, 4.69) is 9.97 Å². The van der Waals surface area contributed by atoms with Gasteiger partial charge in [0.15, 0.2) is 0 Å². The standard InChI is InChI=1S/C17H18FN3O3/c18-15-12(10-22)2-1-3-14(15)13-8-19-17(20-9-13)21-6-4-11(5-7-21)16(23)24/h1-3,8-9,11,22H,4-7,10H2,(H,23,24)/p-1. The summed E-state index contributed by atoms with van der Waals surface area (Å²) >= 11 is 0. The molecule has 1 aliphatic rings. The first-order valence-corrected chi connectivity index (χ1v) is 7.76. The zero-order chi connectivity index (χ0) is 17.1. The van der Waals surface area contributed by atoms with Gasteiger partial charge in [0, 0.05) is 54.1 Å². The summed E-state index contributed by atoms with van der Waals surface area (Å²) in [5.41, 5.74) is 1.08. The van der Waals surface area contributed by atoms with Crippen LogP contribution in [0.5, 0.6) is 0 Å². The van der Waals surface area contributed by atoms with Gasteiger partial charge in [-0.05, 0) is 12.8 Å². The van der Waals surface area contributed by atoms with Crippen molar-refractivity contribution in [1.82, 2.24) is 9.97 Å². The monoisotopic (exact) mass is 330 g/mol. The van der Waals surface area contributed by atoms with Crippen LogP contribution in [0.25, 0.3) is 11.1 Å². The molecule has 0 saturated carbocycles. The Balaban J connectivity index is 1.76. The third kappa shape index (κ3) is 3.21. The lowest BCUT2D eigenvalue weighted by Crippen LogP contribution is -2.41. The fourth-order valence-corrected chi connectivity index (χ4v) is 2.86. The Morgan fingerprint density at radius 3 is 2.54 bits per heavy atom. The van der Waals surface area contributed by atoms with E-state index in [4.69, 9.17) is 5.11 Å². The number of benzene rings is 1. The van der Waals surface area contributed by atoms with Gasteiger partial charge in [-0.1, -0.05) is 18.2 Å². The van der Waals surface area contributed by atoms with E-state index in [9.17, 15) is 14.3 Å². The van der Waals surface area contributed by atoms with Crippen LogP contribution in [-0.4, -0.2) is 34.1 Å². The number of nitrogens with zero attached hydrogens (tertiary/aromatic N) is 3. The maximum atomic E-state index is 14.2. The number of halogens is 1. The Labute approximate surface area is 138 Å². The van der Waals surface area contributed by atoms with Crippen LogP contribution in [0.15, 0.2) is 30.6 Å². The van der Waals surface area contributed by atoms with Crippen LogP contribution in [0.2, 0.25) is 0 Å². The molecule has 1 fully saturated rings. The largest absolute Gasteiger partial charge is 0.550 e. The van der Waals surface area contributed by atoms with Crippen molar-refractivity contribution in [2.45, 2.75) is 19.4 Å². The van der Waals surface area contributed by atoms with E-state index in [0.29, 0.717) is 43.0 Å². The second-order valence-electron chi connectivity index (χ2n) is 5.79. The van der Waals surface area contributed by atoms with Crippen molar-refractivity contribution in [2.75, 3.05) is 18.0 Å². The van der Waals surface area contributed by atoms with E-state index in [-0.39, 0.29) is 12.2 Å². The maximum Gasteiger partial charge on any atom is 0.225 e. The molecular formula is C17H17FN3O3-. The molecule has 126 valence electrons. The summed E-state index contributed by atoms with van der Waals surface area (Å²) in [6.07, 6.45) is 4.07. The average molecular weight is 330 g/mol. The minimum absolute atomic E-state index is 0.223. The number of anilines is 1. The predicted molar refractivity (Wildman–Crippen MR) is 83.3 cm³/mol. The molecule has 1 aliphatic heterocycles. The van der Waals surface area contributed by atoms with Crippen molar-refractivity contribution in [2.24, 2.45) is 5.92 Å². The van der Waals surface area contributed by atoms with Crippen molar-refractivity contribution in [3.8, 4) is 11.1 Å². The van der Waals surface area contributed by atoms with Gasteiger partial charge < -0.3 is 19.9 Å². The van der Waals surface area contributed by atoms with Gasteiger partial charge in [-0.25, -0.2) is 14.4 Å². The lowest BCUT2D eigenvalue weighted by atomic mass is 9.97. The number of aromatic nitrogens is 2. The lowest BCUT2D eigenvalue weighted by molar-refractivity contribution is -0.312. The first-order valence-electron chi connectivity index (χ1n) is 7.76. The van der Waals surface area contributed by atoms with Crippen LogP contribution in [0.4, 0.5) is 10.3 Å². The summed E-state index contributed by atoms with van der Waals surface area (Å²) in [6.45, 7) is 0.727. The van der Waals surface area contributed by atoms with Gasteiger partial charge in [-0.2, -0.15) is 0 Å². The normalized spacial score (nSPS) is 15.5. The number of carboxylic acids is 1. The average Bonchev–Trinajstić information content (AvgIpc) is 2.62. The SMILES string of the molecule is O=C([O-])C1CCN(c2ncc(-c3cccc(CO)c3F)cn2)CC1. The molecule has 6 nitrogen and oxygen atoms in total. The number of carbonyl (C=O) groups excluding carboxylic acids is 1. The van der Waals surface area contributed by atoms with Crippen LogP contribution >= 0.6 is 0 Å². The van der Waals surface area contributed by atoms with Crippen molar-refractivity contribution in [3.63, 3.8) is 0 Å². The number of carboxylic acid groups (broad SMARTS) is 1. The van der Waals surface area contributed by atoms with Gasteiger partial charge in [0.05, 0.1) is 6.61 Å². The number of rotatable bonds is 4. The summed E-state index contributed by atoms with van der Waals surface area (Å²) in [5, 5.41) is 20.0. The molecule has 7 heteroatoms. The number of carbonyl (C=O) groups is 1. The second-order valence-corrected chi connectivity index (χ2v) is 5.79. The molecule has 0 aliphatic carbocycles. The molecule has 0 unspecified atom stereocenters. The summed E-state index contributed by atoms with van der Waals surface area (Å²) in [6, 6.07) is 4.80. The molecular weight excluding hydrogens is 313 g/mol. The number of aliphatic carboxylic acids is 1. The fourth-order valence-electron chi connectivity index (χ4n) is 2.86. The van der Waals surface area contributed by atoms with Crippen LogP contribution in [-0.2, 0) is 11.4 Å². The van der Waals surface area contributed by atoms with Gasteiger partial charge in [0.2, 0.25) is 5.95 Å². The Morgan fingerprint density at radius 2 is 1.96 bits per heavy atom. The topological polar surface area (TPSA) is 89.4 Å². The molecule has 0 atom stereocenters. The van der Waals surface area contributed by atoms with Crippen molar-refractivity contribution in [1.29, 1.82) is 0 Å². The van der Waals surface area contributed by atoms with Gasteiger partial charge in [-0.15, -0.1) is 0 Å². The van der Waals surface area contributed by atoms with Crippen molar-refractivity contribution < 1.29 is 19.4 Å². The van der Waals surface area contributed by atoms with Crippen LogP contribution in [0, 0.1) is 11.7 Å². The van der Waals surface area contributed by atoms with Crippen LogP contribution < -0.4 is 10.0 Å². The third-order valence-electron chi connectivity index (χ3n) is 4.31. The molecule has 3 rings (SSSR count). The zero-order valence-corrected chi connectivity index (χ0v) is 13.0. The van der Waals surface area contributed by atoms with Crippen LogP contribution in [0.1, 0.15) is 18.4 Å². The van der Waals surface area contributed by atoms with E-state index in [0.717, 1.165) is 0 Å². The summed E-state index contributed by atoms with van der Waals surface area (Å²) < 4.78 is 14.2. The van der Waals surface area contributed by atoms with E-state index < -0.39 is 17.7 Å². The second kappa shape index (κ2) is 6.92.